The van der Waals surface area contributed by atoms with E-state index in [0.717, 1.165) is 16.7 Å². The first-order valence-corrected chi connectivity index (χ1v) is 7.31. The number of hydrogen-bond donors (Lipinski definition) is 3. The first kappa shape index (κ1) is 16.0. The van der Waals surface area contributed by atoms with E-state index in [9.17, 15) is 5.11 Å². The molecule has 2 aromatic carbocycles. The van der Waals surface area contributed by atoms with Crippen LogP contribution < -0.4 is 5.32 Å². The van der Waals surface area contributed by atoms with E-state index in [1.54, 1.807) is 12.1 Å². The smallest absolute Gasteiger partial charge is 0.127 e. The molecule has 1 atom stereocenters. The Hall–Kier alpha value is -1.39. The number of rotatable bonds is 6. The second-order valence-electron chi connectivity index (χ2n) is 5.13. The number of halogens is 1. The van der Waals surface area contributed by atoms with Crippen LogP contribution in [0.4, 0.5) is 0 Å². The molecule has 0 aliphatic rings. The SMILES string of the molecule is Cc1ccc(C(O)(CNCCO)c2ccc(Cl)cc2)cc1. The van der Waals surface area contributed by atoms with Crippen molar-refractivity contribution in [1.82, 2.24) is 5.32 Å². The molecule has 0 bridgehead atoms. The van der Waals surface area contributed by atoms with Crippen molar-refractivity contribution in [1.29, 1.82) is 0 Å². The number of aliphatic hydroxyl groups is 2. The molecule has 3 nitrogen and oxygen atoms in total. The van der Waals surface area contributed by atoms with Crippen molar-refractivity contribution in [3.8, 4) is 0 Å². The summed E-state index contributed by atoms with van der Waals surface area (Å²) in [7, 11) is 0. The van der Waals surface area contributed by atoms with E-state index in [-0.39, 0.29) is 6.61 Å². The molecule has 0 heterocycles. The van der Waals surface area contributed by atoms with Crippen LogP contribution in [0.1, 0.15) is 16.7 Å². The maximum atomic E-state index is 11.2. The lowest BCUT2D eigenvalue weighted by molar-refractivity contribution is 0.0786. The maximum Gasteiger partial charge on any atom is 0.127 e. The van der Waals surface area contributed by atoms with Gasteiger partial charge in [-0.25, -0.2) is 0 Å². The van der Waals surface area contributed by atoms with Crippen molar-refractivity contribution in [2.75, 3.05) is 19.7 Å². The predicted octanol–water partition coefficient (Wildman–Crippen LogP) is 2.47. The minimum absolute atomic E-state index is 0.0323. The molecule has 1 unspecified atom stereocenters. The summed E-state index contributed by atoms with van der Waals surface area (Å²) in [5, 5.41) is 23.8. The van der Waals surface area contributed by atoms with Crippen LogP contribution in [-0.4, -0.2) is 29.9 Å². The highest BCUT2D eigenvalue weighted by Crippen LogP contribution is 2.30. The van der Waals surface area contributed by atoms with Gasteiger partial charge in [0.05, 0.1) is 6.61 Å². The van der Waals surface area contributed by atoms with Crippen LogP contribution in [0.15, 0.2) is 48.5 Å². The Labute approximate surface area is 130 Å². The Kier molecular flexibility index (Phi) is 5.37. The van der Waals surface area contributed by atoms with E-state index in [2.05, 4.69) is 5.32 Å². The number of benzene rings is 2. The van der Waals surface area contributed by atoms with Gasteiger partial charge in [-0.05, 0) is 30.2 Å². The highest BCUT2D eigenvalue weighted by molar-refractivity contribution is 6.30. The normalized spacial score (nSPS) is 13.9. The van der Waals surface area contributed by atoms with Crippen LogP contribution in [0.2, 0.25) is 5.02 Å². The van der Waals surface area contributed by atoms with Crippen LogP contribution in [0, 0.1) is 6.92 Å². The zero-order chi connectivity index (χ0) is 15.3. The fraction of sp³-hybridized carbons (Fsp3) is 0.294. The average molecular weight is 306 g/mol. The largest absolute Gasteiger partial charge is 0.395 e. The lowest BCUT2D eigenvalue weighted by Crippen LogP contribution is -2.40. The summed E-state index contributed by atoms with van der Waals surface area (Å²) in [5.74, 6) is 0. The zero-order valence-corrected chi connectivity index (χ0v) is 12.8. The number of nitrogens with one attached hydrogen (secondary N) is 1. The molecule has 0 saturated carbocycles. The van der Waals surface area contributed by atoms with Crippen LogP contribution in [0.3, 0.4) is 0 Å². The van der Waals surface area contributed by atoms with Gasteiger partial charge in [-0.2, -0.15) is 0 Å². The van der Waals surface area contributed by atoms with E-state index < -0.39 is 5.60 Å². The number of aliphatic hydroxyl groups excluding tert-OH is 1. The molecule has 0 spiro atoms. The Morgan fingerprint density at radius 3 is 2.05 bits per heavy atom. The Bertz CT molecular complexity index is 521. The van der Waals surface area contributed by atoms with Crippen LogP contribution in [0.5, 0.6) is 0 Å². The van der Waals surface area contributed by atoms with E-state index in [4.69, 9.17) is 16.7 Å². The standard InChI is InChI=1S/C17H20ClNO2/c1-13-2-4-14(5-3-13)17(21,12-19-10-11-20)15-6-8-16(18)9-7-15/h2-9,19-21H,10-12H2,1H3. The molecule has 3 N–H and O–H groups in total. The minimum Gasteiger partial charge on any atom is -0.395 e. The lowest BCUT2D eigenvalue weighted by atomic mass is 9.86. The quantitative estimate of drug-likeness (QED) is 0.719. The third-order valence-electron chi connectivity index (χ3n) is 3.52. The topological polar surface area (TPSA) is 52.5 Å². The summed E-state index contributed by atoms with van der Waals surface area (Å²) in [5.41, 5.74) is 1.55. The summed E-state index contributed by atoms with van der Waals surface area (Å²) in [6.45, 7) is 2.79. The van der Waals surface area contributed by atoms with Crippen LogP contribution in [-0.2, 0) is 5.60 Å². The fourth-order valence-electron chi connectivity index (χ4n) is 2.27. The highest BCUT2D eigenvalue weighted by Gasteiger charge is 2.31. The van der Waals surface area contributed by atoms with E-state index in [1.165, 1.54) is 0 Å². The molecule has 2 aromatic rings. The molecular formula is C17H20ClNO2. The molecule has 0 aromatic heterocycles. The van der Waals surface area contributed by atoms with Gasteiger partial charge in [0.2, 0.25) is 0 Å². The van der Waals surface area contributed by atoms with E-state index in [1.807, 2.05) is 43.3 Å². The van der Waals surface area contributed by atoms with Gasteiger partial charge in [0.1, 0.15) is 5.60 Å². The molecule has 0 fully saturated rings. The third-order valence-corrected chi connectivity index (χ3v) is 3.77. The van der Waals surface area contributed by atoms with Gasteiger partial charge in [-0.1, -0.05) is 53.6 Å². The van der Waals surface area contributed by atoms with Gasteiger partial charge in [0, 0.05) is 18.1 Å². The molecule has 0 amide bonds. The van der Waals surface area contributed by atoms with E-state index in [0.29, 0.717) is 18.1 Å². The molecule has 0 saturated heterocycles. The summed E-state index contributed by atoms with van der Waals surface area (Å²) in [6.07, 6.45) is 0. The molecule has 21 heavy (non-hydrogen) atoms. The zero-order valence-electron chi connectivity index (χ0n) is 12.0. The fourth-order valence-corrected chi connectivity index (χ4v) is 2.40. The molecule has 112 valence electrons. The van der Waals surface area contributed by atoms with Gasteiger partial charge >= 0.3 is 0 Å². The highest BCUT2D eigenvalue weighted by atomic mass is 35.5. The van der Waals surface area contributed by atoms with Crippen molar-refractivity contribution >= 4 is 11.6 Å². The van der Waals surface area contributed by atoms with E-state index >= 15 is 0 Å². The first-order valence-electron chi connectivity index (χ1n) is 6.93. The van der Waals surface area contributed by atoms with Crippen molar-refractivity contribution in [3.05, 3.63) is 70.2 Å². The second kappa shape index (κ2) is 7.05. The van der Waals surface area contributed by atoms with Gasteiger partial charge < -0.3 is 15.5 Å². The van der Waals surface area contributed by atoms with Crippen LogP contribution in [0.25, 0.3) is 0 Å². The van der Waals surface area contributed by atoms with Gasteiger partial charge in [0.25, 0.3) is 0 Å². The Morgan fingerprint density at radius 2 is 1.52 bits per heavy atom. The Balaban J connectivity index is 2.37. The number of aryl methyl sites for hydroxylation is 1. The average Bonchev–Trinajstić information content (AvgIpc) is 2.48. The van der Waals surface area contributed by atoms with Crippen molar-refractivity contribution < 1.29 is 10.2 Å². The second-order valence-corrected chi connectivity index (χ2v) is 5.57. The summed E-state index contributed by atoms with van der Waals surface area (Å²) in [4.78, 5) is 0. The van der Waals surface area contributed by atoms with Gasteiger partial charge in [-0.15, -0.1) is 0 Å². The maximum absolute atomic E-state index is 11.2. The molecule has 2 rings (SSSR count). The van der Waals surface area contributed by atoms with Crippen LogP contribution >= 0.6 is 11.6 Å². The minimum atomic E-state index is -1.16. The van der Waals surface area contributed by atoms with Crippen molar-refractivity contribution in [2.24, 2.45) is 0 Å². The molecule has 0 radical (unpaired) electrons. The van der Waals surface area contributed by atoms with Crippen molar-refractivity contribution in [2.45, 2.75) is 12.5 Å². The summed E-state index contributed by atoms with van der Waals surface area (Å²) >= 11 is 5.93. The van der Waals surface area contributed by atoms with Gasteiger partial charge in [-0.3, -0.25) is 0 Å². The first-order chi connectivity index (χ1) is 10.1. The van der Waals surface area contributed by atoms with Gasteiger partial charge in [0.15, 0.2) is 0 Å². The monoisotopic (exact) mass is 305 g/mol. The molecular weight excluding hydrogens is 286 g/mol. The molecule has 0 aliphatic carbocycles. The summed E-state index contributed by atoms with van der Waals surface area (Å²) in [6, 6.07) is 15.0. The Morgan fingerprint density at radius 1 is 1.00 bits per heavy atom. The van der Waals surface area contributed by atoms with Crippen molar-refractivity contribution in [3.63, 3.8) is 0 Å². The number of hydrogen-bond acceptors (Lipinski definition) is 3. The lowest BCUT2D eigenvalue weighted by Gasteiger charge is -2.30. The third kappa shape index (κ3) is 3.83. The molecule has 4 heteroatoms. The molecule has 0 aliphatic heterocycles. The summed E-state index contributed by atoms with van der Waals surface area (Å²) < 4.78 is 0. The predicted molar refractivity (Wildman–Crippen MR) is 85.6 cm³/mol.